The van der Waals surface area contributed by atoms with E-state index >= 15 is 0 Å². The molecule has 1 aromatic carbocycles. The minimum atomic E-state index is 0.0149. The molecule has 1 aromatic rings. The minimum absolute atomic E-state index is 0.0149. The van der Waals surface area contributed by atoms with Crippen LogP contribution in [0, 0.1) is 0 Å². The van der Waals surface area contributed by atoms with Crippen LogP contribution in [0.5, 0.6) is 5.75 Å². The van der Waals surface area contributed by atoms with Crippen molar-refractivity contribution in [1.82, 2.24) is 0 Å². The molecule has 0 amide bonds. The lowest BCUT2D eigenvalue weighted by Gasteiger charge is -2.22. The van der Waals surface area contributed by atoms with E-state index in [-0.39, 0.29) is 12.1 Å². The van der Waals surface area contributed by atoms with Crippen LogP contribution < -0.4 is 10.5 Å². The summed E-state index contributed by atoms with van der Waals surface area (Å²) in [4.78, 5) is 0. The first-order chi connectivity index (χ1) is 10.2. The Balaban J connectivity index is 1.93. The minimum Gasteiger partial charge on any atom is -0.494 e. The summed E-state index contributed by atoms with van der Waals surface area (Å²) in [6.45, 7) is 6.66. The standard InChI is InChI=1S/C17H27NO3/c1-3-20-17-8-7-14(13(2)18)10-15(17)11-19-12-16-6-4-5-9-21-16/h7-8,10,13,16H,3-6,9,11-12,18H2,1-2H3. The molecule has 2 N–H and O–H groups in total. The lowest BCUT2D eigenvalue weighted by Crippen LogP contribution is -2.24. The highest BCUT2D eigenvalue weighted by molar-refractivity contribution is 5.38. The Kier molecular flexibility index (Phi) is 6.49. The largest absolute Gasteiger partial charge is 0.494 e. The molecule has 0 aliphatic carbocycles. The van der Waals surface area contributed by atoms with E-state index in [1.807, 2.05) is 26.0 Å². The van der Waals surface area contributed by atoms with E-state index in [1.165, 1.54) is 12.8 Å². The fraction of sp³-hybridized carbons (Fsp3) is 0.647. The van der Waals surface area contributed by atoms with E-state index < -0.39 is 0 Å². The van der Waals surface area contributed by atoms with Gasteiger partial charge in [0.15, 0.2) is 0 Å². The molecule has 0 bridgehead atoms. The molecule has 0 spiro atoms. The Bertz CT molecular complexity index is 428. The first kappa shape index (κ1) is 16.3. The van der Waals surface area contributed by atoms with Crippen molar-refractivity contribution in [3.05, 3.63) is 29.3 Å². The molecule has 2 rings (SSSR count). The molecular formula is C17H27NO3. The van der Waals surface area contributed by atoms with Crippen molar-refractivity contribution in [2.45, 2.75) is 51.9 Å². The lowest BCUT2D eigenvalue weighted by molar-refractivity contribution is -0.0450. The van der Waals surface area contributed by atoms with Crippen LogP contribution in [-0.4, -0.2) is 25.9 Å². The van der Waals surface area contributed by atoms with Crippen molar-refractivity contribution < 1.29 is 14.2 Å². The highest BCUT2D eigenvalue weighted by atomic mass is 16.5. The predicted molar refractivity (Wildman–Crippen MR) is 83.5 cm³/mol. The van der Waals surface area contributed by atoms with Gasteiger partial charge in [-0.3, -0.25) is 0 Å². The van der Waals surface area contributed by atoms with Gasteiger partial charge in [0, 0.05) is 18.2 Å². The van der Waals surface area contributed by atoms with Gasteiger partial charge in [0.2, 0.25) is 0 Å². The van der Waals surface area contributed by atoms with Crippen LogP contribution in [-0.2, 0) is 16.1 Å². The first-order valence-electron chi connectivity index (χ1n) is 7.91. The predicted octanol–water partition coefficient (Wildman–Crippen LogP) is 3.19. The summed E-state index contributed by atoms with van der Waals surface area (Å²) in [6.07, 6.45) is 3.74. The molecule has 2 unspecified atom stereocenters. The van der Waals surface area contributed by atoms with Crippen LogP contribution in [0.3, 0.4) is 0 Å². The molecule has 118 valence electrons. The van der Waals surface area contributed by atoms with Gasteiger partial charge in [0.25, 0.3) is 0 Å². The Labute approximate surface area is 127 Å². The molecular weight excluding hydrogens is 266 g/mol. The maximum atomic E-state index is 5.95. The van der Waals surface area contributed by atoms with Gasteiger partial charge in [0.05, 0.1) is 25.9 Å². The van der Waals surface area contributed by atoms with Gasteiger partial charge in [-0.1, -0.05) is 6.07 Å². The lowest BCUT2D eigenvalue weighted by atomic mass is 10.1. The van der Waals surface area contributed by atoms with Gasteiger partial charge in [-0.05, 0) is 50.8 Å². The van der Waals surface area contributed by atoms with Crippen LogP contribution in [0.2, 0.25) is 0 Å². The normalized spacial score (nSPS) is 20.2. The number of ether oxygens (including phenoxy) is 3. The summed E-state index contributed by atoms with van der Waals surface area (Å²) in [5, 5.41) is 0. The summed E-state index contributed by atoms with van der Waals surface area (Å²) in [5.74, 6) is 0.881. The van der Waals surface area contributed by atoms with E-state index in [1.54, 1.807) is 0 Å². The molecule has 1 aliphatic rings. The smallest absolute Gasteiger partial charge is 0.124 e. The van der Waals surface area contributed by atoms with E-state index in [0.717, 1.165) is 29.9 Å². The van der Waals surface area contributed by atoms with E-state index in [2.05, 4.69) is 6.07 Å². The van der Waals surface area contributed by atoms with Gasteiger partial charge in [-0.25, -0.2) is 0 Å². The van der Waals surface area contributed by atoms with Crippen LogP contribution in [0.15, 0.2) is 18.2 Å². The summed E-state index contributed by atoms with van der Waals surface area (Å²) in [5.41, 5.74) is 8.11. The molecule has 4 heteroatoms. The molecule has 1 saturated heterocycles. The molecule has 2 atom stereocenters. The fourth-order valence-electron chi connectivity index (χ4n) is 2.53. The highest BCUT2D eigenvalue weighted by Gasteiger charge is 2.14. The quantitative estimate of drug-likeness (QED) is 0.839. The van der Waals surface area contributed by atoms with E-state index in [4.69, 9.17) is 19.9 Å². The maximum absolute atomic E-state index is 5.95. The molecule has 1 heterocycles. The SMILES string of the molecule is CCOc1ccc(C(C)N)cc1COCC1CCCCO1. The van der Waals surface area contributed by atoms with E-state index in [9.17, 15) is 0 Å². The zero-order valence-electron chi connectivity index (χ0n) is 13.1. The molecule has 0 radical (unpaired) electrons. The topological polar surface area (TPSA) is 53.7 Å². The van der Waals surface area contributed by atoms with Gasteiger partial charge < -0.3 is 19.9 Å². The third kappa shape index (κ3) is 4.99. The summed E-state index contributed by atoms with van der Waals surface area (Å²) >= 11 is 0. The number of benzene rings is 1. The second kappa shape index (κ2) is 8.37. The summed E-state index contributed by atoms with van der Waals surface area (Å²) in [7, 11) is 0. The van der Waals surface area contributed by atoms with Crippen LogP contribution >= 0.6 is 0 Å². The second-order valence-corrected chi connectivity index (χ2v) is 5.59. The van der Waals surface area contributed by atoms with Gasteiger partial charge in [-0.15, -0.1) is 0 Å². The van der Waals surface area contributed by atoms with Crippen LogP contribution in [0.4, 0.5) is 0 Å². The van der Waals surface area contributed by atoms with Crippen molar-refractivity contribution >= 4 is 0 Å². The van der Waals surface area contributed by atoms with Gasteiger partial charge >= 0.3 is 0 Å². The molecule has 0 saturated carbocycles. The summed E-state index contributed by atoms with van der Waals surface area (Å²) < 4.78 is 17.2. The number of hydrogen-bond acceptors (Lipinski definition) is 4. The van der Waals surface area contributed by atoms with E-state index in [0.29, 0.717) is 19.8 Å². The average Bonchev–Trinajstić information content (AvgIpc) is 2.50. The third-order valence-corrected chi connectivity index (χ3v) is 3.75. The summed E-state index contributed by atoms with van der Waals surface area (Å²) in [6, 6.07) is 6.10. The molecule has 21 heavy (non-hydrogen) atoms. The monoisotopic (exact) mass is 293 g/mol. The van der Waals surface area contributed by atoms with Crippen molar-refractivity contribution in [2.24, 2.45) is 5.73 Å². The average molecular weight is 293 g/mol. The fourth-order valence-corrected chi connectivity index (χ4v) is 2.53. The zero-order chi connectivity index (χ0) is 15.1. The number of nitrogens with two attached hydrogens (primary N) is 1. The zero-order valence-corrected chi connectivity index (χ0v) is 13.1. The molecule has 1 aliphatic heterocycles. The molecule has 4 nitrogen and oxygen atoms in total. The van der Waals surface area contributed by atoms with Crippen LogP contribution in [0.25, 0.3) is 0 Å². The van der Waals surface area contributed by atoms with Gasteiger partial charge in [-0.2, -0.15) is 0 Å². The first-order valence-corrected chi connectivity index (χ1v) is 7.91. The third-order valence-electron chi connectivity index (χ3n) is 3.75. The van der Waals surface area contributed by atoms with Crippen molar-refractivity contribution in [1.29, 1.82) is 0 Å². The van der Waals surface area contributed by atoms with Crippen molar-refractivity contribution in [3.8, 4) is 5.75 Å². The Hall–Kier alpha value is -1.10. The highest BCUT2D eigenvalue weighted by Crippen LogP contribution is 2.24. The Morgan fingerprint density at radius 1 is 1.38 bits per heavy atom. The second-order valence-electron chi connectivity index (χ2n) is 5.59. The maximum Gasteiger partial charge on any atom is 0.124 e. The van der Waals surface area contributed by atoms with Gasteiger partial charge in [0.1, 0.15) is 5.75 Å². The number of hydrogen-bond donors (Lipinski definition) is 1. The van der Waals surface area contributed by atoms with Crippen molar-refractivity contribution in [2.75, 3.05) is 19.8 Å². The number of rotatable bonds is 7. The Morgan fingerprint density at radius 2 is 2.24 bits per heavy atom. The molecule has 0 aromatic heterocycles. The van der Waals surface area contributed by atoms with Crippen molar-refractivity contribution in [3.63, 3.8) is 0 Å². The van der Waals surface area contributed by atoms with Crippen LogP contribution in [0.1, 0.15) is 50.3 Å². The Morgan fingerprint density at radius 3 is 2.90 bits per heavy atom. The molecule has 1 fully saturated rings.